The quantitative estimate of drug-likeness (QED) is 0.905. The van der Waals surface area contributed by atoms with Crippen LogP contribution in [0.25, 0.3) is 0 Å². The van der Waals surface area contributed by atoms with Crippen LogP contribution < -0.4 is 10.5 Å². The molecule has 2 N–H and O–H groups in total. The summed E-state index contributed by atoms with van der Waals surface area (Å²) in [4.78, 5) is 4.25. The molecular weight excluding hydrogens is 236 g/mol. The maximum absolute atomic E-state index is 5.79. The third-order valence-electron chi connectivity index (χ3n) is 2.39. The molecule has 0 spiro atoms. The maximum Gasteiger partial charge on any atom is 0.131 e. The van der Waals surface area contributed by atoms with E-state index in [1.54, 1.807) is 18.3 Å². The largest absolute Gasteiger partial charge is 0.487 e. The van der Waals surface area contributed by atoms with Crippen LogP contribution in [0.2, 0.25) is 5.02 Å². The molecule has 0 atom stereocenters. The molecule has 3 nitrogen and oxygen atoms in total. The topological polar surface area (TPSA) is 48.1 Å². The van der Waals surface area contributed by atoms with Gasteiger partial charge in [-0.25, -0.2) is 0 Å². The van der Waals surface area contributed by atoms with Crippen LogP contribution >= 0.6 is 11.6 Å². The fourth-order valence-corrected chi connectivity index (χ4v) is 1.60. The Hall–Kier alpha value is -1.58. The van der Waals surface area contributed by atoms with E-state index in [-0.39, 0.29) is 0 Å². The standard InChI is InChI=1S/C13H13ClN2O/c14-11-3-5-12(6-4-11)17-9-13-10(8-15)2-1-7-16-13/h1-7H,8-9,15H2. The van der Waals surface area contributed by atoms with E-state index in [0.29, 0.717) is 18.2 Å². The molecule has 2 aromatic rings. The minimum absolute atomic E-state index is 0.412. The molecule has 0 aliphatic heterocycles. The molecular formula is C13H13ClN2O. The molecule has 88 valence electrons. The van der Waals surface area contributed by atoms with Crippen molar-refractivity contribution in [2.24, 2.45) is 5.73 Å². The Morgan fingerprint density at radius 1 is 1.18 bits per heavy atom. The van der Waals surface area contributed by atoms with Crippen LogP contribution in [0, 0.1) is 0 Å². The molecule has 0 bridgehead atoms. The van der Waals surface area contributed by atoms with Gasteiger partial charge in [0, 0.05) is 17.8 Å². The molecule has 1 aromatic carbocycles. The number of hydrogen-bond acceptors (Lipinski definition) is 3. The van der Waals surface area contributed by atoms with Crippen LogP contribution in [0.4, 0.5) is 0 Å². The van der Waals surface area contributed by atoms with Crippen LogP contribution in [0.5, 0.6) is 5.75 Å². The van der Waals surface area contributed by atoms with Crippen molar-refractivity contribution in [2.75, 3.05) is 0 Å². The second kappa shape index (κ2) is 5.66. The molecule has 2 rings (SSSR count). The second-order valence-corrected chi connectivity index (χ2v) is 3.99. The lowest BCUT2D eigenvalue weighted by molar-refractivity contribution is 0.300. The monoisotopic (exact) mass is 248 g/mol. The first kappa shape index (κ1) is 11.9. The van der Waals surface area contributed by atoms with Gasteiger partial charge >= 0.3 is 0 Å². The van der Waals surface area contributed by atoms with Gasteiger partial charge in [0.1, 0.15) is 12.4 Å². The summed E-state index contributed by atoms with van der Waals surface area (Å²) in [6, 6.07) is 11.1. The number of rotatable bonds is 4. The number of pyridine rings is 1. The molecule has 0 aliphatic carbocycles. The molecule has 0 fully saturated rings. The number of hydrogen-bond donors (Lipinski definition) is 1. The average Bonchev–Trinajstić information content (AvgIpc) is 2.38. The smallest absolute Gasteiger partial charge is 0.131 e. The van der Waals surface area contributed by atoms with Gasteiger partial charge in [-0.3, -0.25) is 4.98 Å². The van der Waals surface area contributed by atoms with E-state index >= 15 is 0 Å². The molecule has 0 saturated carbocycles. The first-order valence-electron chi connectivity index (χ1n) is 5.31. The van der Waals surface area contributed by atoms with Crippen LogP contribution in [0.1, 0.15) is 11.3 Å². The zero-order chi connectivity index (χ0) is 12.1. The normalized spacial score (nSPS) is 10.2. The summed E-state index contributed by atoms with van der Waals surface area (Å²) >= 11 is 5.79. The molecule has 4 heteroatoms. The molecule has 0 radical (unpaired) electrons. The molecule has 0 aliphatic rings. The van der Waals surface area contributed by atoms with E-state index in [2.05, 4.69) is 4.98 Å². The Kier molecular flexibility index (Phi) is 3.96. The predicted octanol–water partition coefficient (Wildman–Crippen LogP) is 2.77. The number of ether oxygens (including phenoxy) is 1. The summed E-state index contributed by atoms with van der Waals surface area (Å²) in [7, 11) is 0. The fourth-order valence-electron chi connectivity index (χ4n) is 1.47. The Morgan fingerprint density at radius 2 is 1.94 bits per heavy atom. The third-order valence-corrected chi connectivity index (χ3v) is 2.65. The van der Waals surface area contributed by atoms with E-state index < -0.39 is 0 Å². The van der Waals surface area contributed by atoms with Crippen molar-refractivity contribution >= 4 is 11.6 Å². The average molecular weight is 249 g/mol. The summed E-state index contributed by atoms with van der Waals surface area (Å²) in [5.41, 5.74) is 7.49. The van der Waals surface area contributed by atoms with E-state index in [1.807, 2.05) is 24.3 Å². The molecule has 0 unspecified atom stereocenters. The van der Waals surface area contributed by atoms with Crippen molar-refractivity contribution < 1.29 is 4.74 Å². The number of halogens is 1. The molecule has 17 heavy (non-hydrogen) atoms. The van der Waals surface area contributed by atoms with E-state index in [9.17, 15) is 0 Å². The number of nitrogens with zero attached hydrogens (tertiary/aromatic N) is 1. The van der Waals surface area contributed by atoms with Gasteiger partial charge in [-0.05, 0) is 35.9 Å². The van der Waals surface area contributed by atoms with Gasteiger partial charge in [0.25, 0.3) is 0 Å². The Balaban J connectivity index is 2.04. The van der Waals surface area contributed by atoms with Gasteiger partial charge in [-0.2, -0.15) is 0 Å². The van der Waals surface area contributed by atoms with Crippen molar-refractivity contribution in [3.63, 3.8) is 0 Å². The highest BCUT2D eigenvalue weighted by Gasteiger charge is 2.02. The fraction of sp³-hybridized carbons (Fsp3) is 0.154. The minimum atomic E-state index is 0.412. The Bertz CT molecular complexity index is 485. The zero-order valence-electron chi connectivity index (χ0n) is 9.27. The number of aromatic nitrogens is 1. The van der Waals surface area contributed by atoms with Gasteiger partial charge in [0.05, 0.1) is 5.69 Å². The van der Waals surface area contributed by atoms with E-state index in [1.165, 1.54) is 0 Å². The lowest BCUT2D eigenvalue weighted by Gasteiger charge is -2.08. The lowest BCUT2D eigenvalue weighted by Crippen LogP contribution is -2.06. The highest BCUT2D eigenvalue weighted by molar-refractivity contribution is 6.30. The SMILES string of the molecule is NCc1cccnc1COc1ccc(Cl)cc1. The van der Waals surface area contributed by atoms with Gasteiger partial charge in [-0.15, -0.1) is 0 Å². The molecule has 0 saturated heterocycles. The summed E-state index contributed by atoms with van der Waals surface area (Å²) in [5, 5.41) is 0.692. The van der Waals surface area contributed by atoms with Crippen LogP contribution in [0.15, 0.2) is 42.6 Å². The number of nitrogens with two attached hydrogens (primary N) is 1. The molecule has 0 amide bonds. The number of benzene rings is 1. The van der Waals surface area contributed by atoms with Crippen molar-refractivity contribution in [1.29, 1.82) is 0 Å². The second-order valence-electron chi connectivity index (χ2n) is 3.56. The first-order chi connectivity index (χ1) is 8.29. The van der Waals surface area contributed by atoms with Gasteiger partial charge in [0.2, 0.25) is 0 Å². The van der Waals surface area contributed by atoms with Crippen molar-refractivity contribution in [3.05, 3.63) is 58.9 Å². The molecule has 1 aromatic heterocycles. The minimum Gasteiger partial charge on any atom is -0.487 e. The predicted molar refractivity (Wildman–Crippen MR) is 67.9 cm³/mol. The Labute approximate surface area is 105 Å². The van der Waals surface area contributed by atoms with Gasteiger partial charge < -0.3 is 10.5 Å². The van der Waals surface area contributed by atoms with Crippen LogP contribution in [0.3, 0.4) is 0 Å². The summed E-state index contributed by atoms with van der Waals surface area (Å²) < 4.78 is 5.61. The summed E-state index contributed by atoms with van der Waals surface area (Å²) in [6.45, 7) is 0.877. The lowest BCUT2D eigenvalue weighted by atomic mass is 10.2. The van der Waals surface area contributed by atoms with Gasteiger partial charge in [-0.1, -0.05) is 17.7 Å². The maximum atomic E-state index is 5.79. The van der Waals surface area contributed by atoms with E-state index in [0.717, 1.165) is 17.0 Å². The van der Waals surface area contributed by atoms with Crippen molar-refractivity contribution in [1.82, 2.24) is 4.98 Å². The van der Waals surface area contributed by atoms with Crippen molar-refractivity contribution in [2.45, 2.75) is 13.2 Å². The van der Waals surface area contributed by atoms with Crippen molar-refractivity contribution in [3.8, 4) is 5.75 Å². The molecule has 1 heterocycles. The van der Waals surface area contributed by atoms with Crippen LogP contribution in [-0.2, 0) is 13.2 Å². The Morgan fingerprint density at radius 3 is 2.65 bits per heavy atom. The third kappa shape index (κ3) is 3.19. The highest BCUT2D eigenvalue weighted by Crippen LogP contribution is 2.17. The first-order valence-corrected chi connectivity index (χ1v) is 5.68. The van der Waals surface area contributed by atoms with Gasteiger partial charge in [0.15, 0.2) is 0 Å². The van der Waals surface area contributed by atoms with Crippen LogP contribution in [-0.4, -0.2) is 4.98 Å². The zero-order valence-corrected chi connectivity index (χ0v) is 10.0. The highest BCUT2D eigenvalue weighted by atomic mass is 35.5. The summed E-state index contributed by atoms with van der Waals surface area (Å²) in [5.74, 6) is 0.767. The van der Waals surface area contributed by atoms with E-state index in [4.69, 9.17) is 22.1 Å². The summed E-state index contributed by atoms with van der Waals surface area (Å²) in [6.07, 6.45) is 1.74.